The fraction of sp³-hybridized carbons (Fsp3) is 0.227. The van der Waals surface area contributed by atoms with Gasteiger partial charge in [0.25, 0.3) is 5.91 Å². The van der Waals surface area contributed by atoms with Crippen molar-refractivity contribution in [2.45, 2.75) is 32.9 Å². The zero-order chi connectivity index (χ0) is 18.6. The molecule has 2 aromatic carbocycles. The Kier molecular flexibility index (Phi) is 5.12. The second kappa shape index (κ2) is 7.48. The number of carbonyl (C=O) groups excluding carboxylic acids is 1. The fourth-order valence-corrected chi connectivity index (χ4v) is 2.65. The summed E-state index contributed by atoms with van der Waals surface area (Å²) in [6, 6.07) is 19.3. The van der Waals surface area contributed by atoms with Crippen LogP contribution in [0.4, 0.5) is 0 Å². The van der Waals surface area contributed by atoms with Crippen molar-refractivity contribution in [2.75, 3.05) is 0 Å². The molecule has 26 heavy (non-hydrogen) atoms. The summed E-state index contributed by atoms with van der Waals surface area (Å²) >= 11 is 0. The van der Waals surface area contributed by atoms with E-state index in [9.17, 15) is 4.79 Å². The summed E-state index contributed by atoms with van der Waals surface area (Å²) in [5.41, 5.74) is 2.33. The number of rotatable bonds is 5. The Labute approximate surface area is 154 Å². The molecule has 1 N–H and O–H groups in total. The van der Waals surface area contributed by atoms with Crippen LogP contribution in [0.5, 0.6) is 5.75 Å². The third kappa shape index (κ3) is 4.54. The van der Waals surface area contributed by atoms with Gasteiger partial charge in [-0.2, -0.15) is 0 Å². The van der Waals surface area contributed by atoms with Crippen molar-refractivity contribution in [2.24, 2.45) is 0 Å². The Morgan fingerprint density at radius 3 is 2.27 bits per heavy atom. The number of aromatic nitrogens is 1. The van der Waals surface area contributed by atoms with Gasteiger partial charge in [-0.05, 0) is 63.2 Å². The Bertz CT molecular complexity index is 860. The van der Waals surface area contributed by atoms with Crippen molar-refractivity contribution < 1.29 is 9.53 Å². The quantitative estimate of drug-likeness (QED) is 0.733. The van der Waals surface area contributed by atoms with Crippen LogP contribution in [0.1, 0.15) is 36.7 Å². The average molecular weight is 348 g/mol. The van der Waals surface area contributed by atoms with Crippen molar-refractivity contribution in [3.05, 3.63) is 84.2 Å². The second-order valence-corrected chi connectivity index (χ2v) is 7.14. The average Bonchev–Trinajstić information content (AvgIpc) is 3.14. The summed E-state index contributed by atoms with van der Waals surface area (Å²) < 4.78 is 7.98. The molecular weight excluding hydrogens is 324 g/mol. The maximum absolute atomic E-state index is 12.5. The SMILES string of the molecule is CC(C)(C)Oc1ccccc1CNC(=O)c1ccc(-n2cccc2)cc1. The van der Waals surface area contributed by atoms with E-state index in [0.717, 1.165) is 17.0 Å². The molecule has 1 amide bonds. The molecule has 1 heterocycles. The lowest BCUT2D eigenvalue weighted by molar-refractivity contribution is 0.0949. The summed E-state index contributed by atoms with van der Waals surface area (Å²) in [4.78, 5) is 12.5. The molecule has 0 unspecified atom stereocenters. The number of amides is 1. The topological polar surface area (TPSA) is 43.3 Å². The highest BCUT2D eigenvalue weighted by Gasteiger charge is 2.15. The lowest BCUT2D eigenvalue weighted by Crippen LogP contribution is -2.26. The molecule has 134 valence electrons. The fourth-order valence-electron chi connectivity index (χ4n) is 2.65. The summed E-state index contributed by atoms with van der Waals surface area (Å²) in [6.45, 7) is 6.45. The third-order valence-corrected chi connectivity index (χ3v) is 3.86. The van der Waals surface area contributed by atoms with Crippen molar-refractivity contribution in [3.63, 3.8) is 0 Å². The second-order valence-electron chi connectivity index (χ2n) is 7.14. The van der Waals surface area contributed by atoms with Crippen molar-refractivity contribution in [1.29, 1.82) is 0 Å². The molecule has 0 atom stereocenters. The molecule has 0 aliphatic heterocycles. The summed E-state index contributed by atoms with van der Waals surface area (Å²) in [5, 5.41) is 2.97. The number of para-hydroxylation sites is 1. The van der Waals surface area contributed by atoms with Gasteiger partial charge in [-0.15, -0.1) is 0 Å². The smallest absolute Gasteiger partial charge is 0.251 e. The van der Waals surface area contributed by atoms with Gasteiger partial charge >= 0.3 is 0 Å². The molecule has 0 aliphatic rings. The van der Waals surface area contributed by atoms with E-state index in [4.69, 9.17) is 4.74 Å². The highest BCUT2D eigenvalue weighted by atomic mass is 16.5. The molecule has 0 aliphatic carbocycles. The van der Waals surface area contributed by atoms with Crippen LogP contribution in [0.15, 0.2) is 73.1 Å². The molecular formula is C22H24N2O2. The van der Waals surface area contributed by atoms with Crippen LogP contribution >= 0.6 is 0 Å². The molecule has 4 heteroatoms. The molecule has 0 saturated carbocycles. The Hall–Kier alpha value is -3.01. The first-order chi connectivity index (χ1) is 12.4. The van der Waals surface area contributed by atoms with Crippen LogP contribution in [-0.2, 0) is 6.54 Å². The monoisotopic (exact) mass is 348 g/mol. The largest absolute Gasteiger partial charge is 0.488 e. The van der Waals surface area contributed by atoms with E-state index < -0.39 is 0 Å². The van der Waals surface area contributed by atoms with Crippen LogP contribution in [-0.4, -0.2) is 16.1 Å². The number of hydrogen-bond donors (Lipinski definition) is 1. The summed E-state index contributed by atoms with van der Waals surface area (Å²) in [6.07, 6.45) is 3.95. The van der Waals surface area contributed by atoms with Gasteiger partial charge in [-0.1, -0.05) is 18.2 Å². The van der Waals surface area contributed by atoms with Gasteiger partial charge in [0.2, 0.25) is 0 Å². The van der Waals surface area contributed by atoms with Gasteiger partial charge in [0.1, 0.15) is 11.4 Å². The van der Waals surface area contributed by atoms with Crippen LogP contribution in [0.3, 0.4) is 0 Å². The molecule has 3 aromatic rings. The first-order valence-electron chi connectivity index (χ1n) is 8.71. The minimum atomic E-state index is -0.283. The van der Waals surface area contributed by atoms with Gasteiger partial charge in [0.15, 0.2) is 0 Å². The molecule has 0 bridgehead atoms. The third-order valence-electron chi connectivity index (χ3n) is 3.86. The maximum atomic E-state index is 12.5. The van der Waals surface area contributed by atoms with Gasteiger partial charge in [-0.3, -0.25) is 4.79 Å². The van der Waals surface area contributed by atoms with E-state index in [-0.39, 0.29) is 11.5 Å². The lowest BCUT2D eigenvalue weighted by atomic mass is 10.1. The number of nitrogens with one attached hydrogen (secondary N) is 1. The maximum Gasteiger partial charge on any atom is 0.251 e. The van der Waals surface area contributed by atoms with Gasteiger partial charge in [0, 0.05) is 35.8 Å². The lowest BCUT2D eigenvalue weighted by Gasteiger charge is -2.23. The first kappa shape index (κ1) is 17.8. The molecule has 1 aromatic heterocycles. The van der Waals surface area contributed by atoms with Crippen LogP contribution in [0, 0.1) is 0 Å². The van der Waals surface area contributed by atoms with Crippen molar-refractivity contribution in [1.82, 2.24) is 9.88 Å². The van der Waals surface area contributed by atoms with E-state index >= 15 is 0 Å². The number of hydrogen-bond acceptors (Lipinski definition) is 2. The Morgan fingerprint density at radius 1 is 0.962 bits per heavy atom. The standard InChI is InChI=1S/C22H24N2O2/c1-22(2,3)26-20-9-5-4-8-18(20)16-23-21(25)17-10-12-19(13-11-17)24-14-6-7-15-24/h4-15H,16H2,1-3H3,(H,23,25). The minimum Gasteiger partial charge on any atom is -0.488 e. The Morgan fingerprint density at radius 2 is 1.62 bits per heavy atom. The normalized spacial score (nSPS) is 11.2. The van der Waals surface area contributed by atoms with Crippen molar-refractivity contribution >= 4 is 5.91 Å². The van der Waals surface area contributed by atoms with Crippen molar-refractivity contribution in [3.8, 4) is 11.4 Å². The summed E-state index contributed by atoms with van der Waals surface area (Å²) in [5.74, 6) is 0.692. The number of ether oxygens (including phenoxy) is 1. The van der Waals surface area contributed by atoms with Crippen LogP contribution in [0.2, 0.25) is 0 Å². The predicted octanol–water partition coefficient (Wildman–Crippen LogP) is 4.58. The summed E-state index contributed by atoms with van der Waals surface area (Å²) in [7, 11) is 0. The number of nitrogens with zero attached hydrogens (tertiary/aromatic N) is 1. The van der Waals surface area contributed by atoms with Gasteiger partial charge in [-0.25, -0.2) is 0 Å². The molecule has 0 fully saturated rings. The minimum absolute atomic E-state index is 0.102. The van der Waals surface area contributed by atoms with E-state index in [2.05, 4.69) is 5.32 Å². The predicted molar refractivity (Wildman–Crippen MR) is 104 cm³/mol. The van der Waals surface area contributed by atoms with E-state index in [1.165, 1.54) is 0 Å². The number of benzene rings is 2. The molecule has 0 radical (unpaired) electrons. The highest BCUT2D eigenvalue weighted by molar-refractivity contribution is 5.94. The molecule has 3 rings (SSSR count). The van der Waals surface area contributed by atoms with Gasteiger partial charge in [0.05, 0.1) is 0 Å². The molecule has 0 saturated heterocycles. The van der Waals surface area contributed by atoms with E-state index in [0.29, 0.717) is 12.1 Å². The first-order valence-corrected chi connectivity index (χ1v) is 8.71. The molecule has 0 spiro atoms. The van der Waals surface area contributed by atoms with Crippen LogP contribution in [0.25, 0.3) is 5.69 Å². The van der Waals surface area contributed by atoms with Gasteiger partial charge < -0.3 is 14.6 Å². The zero-order valence-corrected chi connectivity index (χ0v) is 15.4. The van der Waals surface area contributed by atoms with E-state index in [1.807, 2.05) is 98.4 Å². The Balaban J connectivity index is 1.66. The number of carbonyl (C=O) groups is 1. The van der Waals surface area contributed by atoms with E-state index in [1.54, 1.807) is 0 Å². The highest BCUT2D eigenvalue weighted by Crippen LogP contribution is 2.23. The van der Waals surface area contributed by atoms with Crippen LogP contribution < -0.4 is 10.1 Å². The molecule has 4 nitrogen and oxygen atoms in total. The zero-order valence-electron chi connectivity index (χ0n) is 15.4.